The second-order valence-electron chi connectivity index (χ2n) is 5.78. The number of aryl methyl sites for hydroxylation is 4. The molecule has 0 unspecified atom stereocenters. The summed E-state index contributed by atoms with van der Waals surface area (Å²) in [5, 5.41) is 5.60. The number of amides is 1. The number of hydrogen-bond acceptors (Lipinski definition) is 5. The molecule has 3 aromatic heterocycles. The molecule has 5 nitrogen and oxygen atoms in total. The smallest absolute Gasteiger partial charge is 0.259 e. The number of fused-ring (bicyclic) bond motifs is 1. The Kier molecular flexibility index (Phi) is 4.82. The minimum Gasteiger partial charge on any atom is -0.351 e. The number of aromatic nitrogens is 2. The number of H-pyrrole nitrogens is 1. The first-order valence-corrected chi connectivity index (χ1v) is 9.44. The second-order valence-corrected chi connectivity index (χ2v) is 7.98. The van der Waals surface area contributed by atoms with Gasteiger partial charge in [0, 0.05) is 22.6 Å². The number of carbonyl (C=O) groups excluding carboxylic acids is 1. The lowest BCUT2D eigenvalue weighted by Gasteiger charge is -2.05. The standard InChI is InChI=1S/C17H19N3O2S2/c1-9-6-7-23-12(9)8-18-14(21)5-4-13-19-16(22)15-10(2)11(3)24-17(15)20-13/h6-7H,4-5,8H2,1-3H3,(H,18,21)(H,19,20,22). The fourth-order valence-corrected chi connectivity index (χ4v) is 4.40. The molecule has 0 atom stereocenters. The van der Waals surface area contributed by atoms with E-state index in [9.17, 15) is 9.59 Å². The van der Waals surface area contributed by atoms with Crippen molar-refractivity contribution in [2.75, 3.05) is 0 Å². The lowest BCUT2D eigenvalue weighted by Crippen LogP contribution is -2.23. The van der Waals surface area contributed by atoms with Gasteiger partial charge in [-0.1, -0.05) is 0 Å². The number of carbonyl (C=O) groups is 1. The summed E-state index contributed by atoms with van der Waals surface area (Å²) in [5.74, 6) is 0.528. The normalized spacial score (nSPS) is 11.1. The second kappa shape index (κ2) is 6.86. The van der Waals surface area contributed by atoms with Crippen LogP contribution in [0.3, 0.4) is 0 Å². The largest absolute Gasteiger partial charge is 0.351 e. The molecule has 2 N–H and O–H groups in total. The number of thiophene rings is 2. The Morgan fingerprint density at radius 1 is 1.33 bits per heavy atom. The van der Waals surface area contributed by atoms with E-state index in [1.54, 1.807) is 11.3 Å². The lowest BCUT2D eigenvalue weighted by atomic mass is 10.2. The molecule has 0 aromatic carbocycles. The average Bonchev–Trinajstić information content (AvgIpc) is 3.07. The molecule has 0 spiro atoms. The topological polar surface area (TPSA) is 74.8 Å². The van der Waals surface area contributed by atoms with E-state index in [0.717, 1.165) is 15.3 Å². The Morgan fingerprint density at radius 2 is 2.12 bits per heavy atom. The molecule has 0 radical (unpaired) electrons. The first-order valence-electron chi connectivity index (χ1n) is 7.74. The molecule has 0 saturated carbocycles. The molecule has 0 bridgehead atoms. The van der Waals surface area contributed by atoms with Gasteiger partial charge in [-0.3, -0.25) is 9.59 Å². The van der Waals surface area contributed by atoms with Gasteiger partial charge in [-0.05, 0) is 43.3 Å². The van der Waals surface area contributed by atoms with Crippen molar-refractivity contribution in [3.63, 3.8) is 0 Å². The fraction of sp³-hybridized carbons (Fsp3) is 0.353. The molecule has 7 heteroatoms. The third-order valence-electron chi connectivity index (χ3n) is 4.09. The van der Waals surface area contributed by atoms with Gasteiger partial charge >= 0.3 is 0 Å². The van der Waals surface area contributed by atoms with Gasteiger partial charge < -0.3 is 10.3 Å². The molecule has 0 aliphatic heterocycles. The molecular weight excluding hydrogens is 342 g/mol. The summed E-state index contributed by atoms with van der Waals surface area (Å²) in [6, 6.07) is 2.04. The maximum absolute atomic E-state index is 12.2. The van der Waals surface area contributed by atoms with Crippen LogP contribution in [-0.2, 0) is 17.8 Å². The minimum absolute atomic E-state index is 0.0379. The van der Waals surface area contributed by atoms with Crippen LogP contribution in [0, 0.1) is 20.8 Å². The van der Waals surface area contributed by atoms with Crippen LogP contribution in [0.4, 0.5) is 0 Å². The molecule has 3 rings (SSSR count). The van der Waals surface area contributed by atoms with E-state index in [0.29, 0.717) is 30.6 Å². The Bertz CT molecular complexity index is 953. The summed E-state index contributed by atoms with van der Waals surface area (Å²) in [5.41, 5.74) is 2.06. The summed E-state index contributed by atoms with van der Waals surface area (Å²) in [7, 11) is 0. The summed E-state index contributed by atoms with van der Waals surface area (Å²) in [4.78, 5) is 34.5. The zero-order valence-electron chi connectivity index (χ0n) is 13.9. The highest BCUT2D eigenvalue weighted by atomic mass is 32.1. The molecule has 3 aromatic rings. The van der Waals surface area contributed by atoms with Crippen LogP contribution in [0.25, 0.3) is 10.2 Å². The van der Waals surface area contributed by atoms with Crippen LogP contribution in [0.5, 0.6) is 0 Å². The fourth-order valence-electron chi connectivity index (χ4n) is 2.50. The third-order valence-corrected chi connectivity index (χ3v) is 6.22. The quantitative estimate of drug-likeness (QED) is 0.733. The monoisotopic (exact) mass is 361 g/mol. The Balaban J connectivity index is 1.64. The van der Waals surface area contributed by atoms with Crippen LogP contribution in [-0.4, -0.2) is 15.9 Å². The van der Waals surface area contributed by atoms with E-state index >= 15 is 0 Å². The highest BCUT2D eigenvalue weighted by molar-refractivity contribution is 7.18. The van der Waals surface area contributed by atoms with Gasteiger partial charge in [-0.2, -0.15) is 0 Å². The van der Waals surface area contributed by atoms with Crippen LogP contribution >= 0.6 is 22.7 Å². The zero-order chi connectivity index (χ0) is 17.3. The van der Waals surface area contributed by atoms with E-state index in [4.69, 9.17) is 0 Å². The van der Waals surface area contributed by atoms with Crippen LogP contribution < -0.4 is 10.9 Å². The summed E-state index contributed by atoms with van der Waals surface area (Å²) in [6.07, 6.45) is 0.735. The summed E-state index contributed by atoms with van der Waals surface area (Å²) in [6.45, 7) is 6.51. The van der Waals surface area contributed by atoms with Crippen molar-refractivity contribution in [2.24, 2.45) is 0 Å². The van der Waals surface area contributed by atoms with Crippen molar-refractivity contribution < 1.29 is 4.79 Å². The molecule has 0 saturated heterocycles. The molecule has 0 fully saturated rings. The van der Waals surface area contributed by atoms with Crippen molar-refractivity contribution >= 4 is 38.8 Å². The van der Waals surface area contributed by atoms with Crippen molar-refractivity contribution in [3.05, 3.63) is 48.5 Å². The molecule has 3 heterocycles. The highest BCUT2D eigenvalue weighted by Crippen LogP contribution is 2.25. The van der Waals surface area contributed by atoms with Gasteiger partial charge in [-0.25, -0.2) is 4.98 Å². The Hall–Kier alpha value is -1.99. The molecular formula is C17H19N3O2S2. The predicted molar refractivity (Wildman–Crippen MR) is 98.9 cm³/mol. The number of aromatic amines is 1. The van der Waals surface area contributed by atoms with E-state index in [-0.39, 0.29) is 11.5 Å². The molecule has 0 aliphatic carbocycles. The third kappa shape index (κ3) is 3.42. The van der Waals surface area contributed by atoms with Crippen molar-refractivity contribution in [1.29, 1.82) is 0 Å². The van der Waals surface area contributed by atoms with Gasteiger partial charge in [-0.15, -0.1) is 22.7 Å². The van der Waals surface area contributed by atoms with Gasteiger partial charge in [0.25, 0.3) is 5.56 Å². The molecule has 1 amide bonds. The van der Waals surface area contributed by atoms with Crippen LogP contribution in [0.15, 0.2) is 16.2 Å². The van der Waals surface area contributed by atoms with E-state index in [2.05, 4.69) is 15.3 Å². The summed E-state index contributed by atoms with van der Waals surface area (Å²) < 4.78 is 0. The molecule has 126 valence electrons. The van der Waals surface area contributed by atoms with E-state index in [1.807, 2.05) is 32.2 Å². The maximum atomic E-state index is 12.2. The zero-order valence-corrected chi connectivity index (χ0v) is 15.5. The van der Waals surface area contributed by atoms with Gasteiger partial charge in [0.15, 0.2) is 0 Å². The number of rotatable bonds is 5. The van der Waals surface area contributed by atoms with Crippen molar-refractivity contribution in [2.45, 2.75) is 40.2 Å². The average molecular weight is 361 g/mol. The first kappa shape index (κ1) is 16.9. The number of hydrogen-bond donors (Lipinski definition) is 2. The van der Waals surface area contributed by atoms with Crippen LogP contribution in [0.1, 0.15) is 33.1 Å². The van der Waals surface area contributed by atoms with Gasteiger partial charge in [0.05, 0.1) is 11.9 Å². The van der Waals surface area contributed by atoms with Crippen LogP contribution in [0.2, 0.25) is 0 Å². The van der Waals surface area contributed by atoms with Gasteiger partial charge in [0.1, 0.15) is 10.7 Å². The first-order chi connectivity index (χ1) is 11.5. The number of nitrogens with zero attached hydrogens (tertiary/aromatic N) is 1. The van der Waals surface area contributed by atoms with Crippen molar-refractivity contribution in [3.8, 4) is 0 Å². The highest BCUT2D eigenvalue weighted by Gasteiger charge is 2.12. The van der Waals surface area contributed by atoms with Crippen molar-refractivity contribution in [1.82, 2.24) is 15.3 Å². The minimum atomic E-state index is -0.119. The maximum Gasteiger partial charge on any atom is 0.259 e. The summed E-state index contributed by atoms with van der Waals surface area (Å²) >= 11 is 3.16. The predicted octanol–water partition coefficient (Wildman–Crippen LogP) is 3.22. The molecule has 0 aliphatic rings. The van der Waals surface area contributed by atoms with Gasteiger partial charge in [0.2, 0.25) is 5.91 Å². The van der Waals surface area contributed by atoms with E-state index in [1.165, 1.54) is 21.8 Å². The number of nitrogens with one attached hydrogen (secondary N) is 2. The Morgan fingerprint density at radius 3 is 2.83 bits per heavy atom. The van der Waals surface area contributed by atoms with E-state index < -0.39 is 0 Å². The lowest BCUT2D eigenvalue weighted by molar-refractivity contribution is -0.121. The SMILES string of the molecule is Cc1ccsc1CNC(=O)CCc1nc2sc(C)c(C)c2c(=O)[nH]1. The Labute approximate surface area is 147 Å². The molecule has 24 heavy (non-hydrogen) atoms.